The molecule has 11 atom stereocenters. The molecule has 2 aliphatic heterocycles. The van der Waals surface area contributed by atoms with Crippen molar-refractivity contribution in [3.63, 3.8) is 0 Å². The molecule has 3 saturated carbocycles. The van der Waals surface area contributed by atoms with Crippen molar-refractivity contribution in [3.8, 4) is 0 Å². The Kier molecular flexibility index (Phi) is 4.84. The maximum atomic E-state index is 11.4. The van der Waals surface area contributed by atoms with Gasteiger partial charge in [0.1, 0.15) is 6.10 Å². The van der Waals surface area contributed by atoms with Crippen molar-refractivity contribution in [1.82, 2.24) is 0 Å². The summed E-state index contributed by atoms with van der Waals surface area (Å²) >= 11 is 0. The van der Waals surface area contributed by atoms with Crippen LogP contribution in [0.3, 0.4) is 0 Å². The van der Waals surface area contributed by atoms with Crippen LogP contribution in [0.4, 0.5) is 0 Å². The van der Waals surface area contributed by atoms with Gasteiger partial charge in [0, 0.05) is 16.7 Å². The van der Waals surface area contributed by atoms with Crippen molar-refractivity contribution >= 4 is 0 Å². The molecule has 5 nitrogen and oxygen atoms in total. The van der Waals surface area contributed by atoms with E-state index in [1.165, 1.54) is 24.8 Å². The second-order valence-corrected chi connectivity index (χ2v) is 13.3. The van der Waals surface area contributed by atoms with Crippen molar-refractivity contribution in [2.24, 2.45) is 45.8 Å². The lowest BCUT2D eigenvalue weighted by molar-refractivity contribution is -0.253. The average Bonchev–Trinajstić information content (AvgIpc) is 3.47. The maximum Gasteiger partial charge on any atom is 0.160 e. The molecule has 0 aromatic carbocycles. The SMILES string of the molecule is CC(C1OCC(C)(C)CO1)[C@H]1CC[C@H]2[C@@H]3[C@H](O)C=C4C[C@@H](O)[C@@H]5O[C@@H]5[C@]4(C)[C@H]3CC[C@]12C. The van der Waals surface area contributed by atoms with E-state index < -0.39 is 12.2 Å². The van der Waals surface area contributed by atoms with E-state index >= 15 is 0 Å². The topological polar surface area (TPSA) is 71.5 Å². The summed E-state index contributed by atoms with van der Waals surface area (Å²) in [7, 11) is 0. The van der Waals surface area contributed by atoms with Gasteiger partial charge >= 0.3 is 0 Å². The van der Waals surface area contributed by atoms with Crippen LogP contribution in [0, 0.1) is 45.8 Å². The summed E-state index contributed by atoms with van der Waals surface area (Å²) < 4.78 is 18.5. The van der Waals surface area contributed by atoms with Gasteiger partial charge in [0.05, 0.1) is 31.5 Å². The highest BCUT2D eigenvalue weighted by Crippen LogP contribution is 2.69. The van der Waals surface area contributed by atoms with Crippen LogP contribution in [0.1, 0.15) is 66.7 Å². The summed E-state index contributed by atoms with van der Waals surface area (Å²) in [5.41, 5.74) is 1.52. The Balaban J connectivity index is 1.26. The molecular weight excluding hydrogens is 404 g/mol. The maximum absolute atomic E-state index is 11.4. The van der Waals surface area contributed by atoms with E-state index in [9.17, 15) is 10.2 Å². The van der Waals surface area contributed by atoms with Crippen LogP contribution >= 0.6 is 0 Å². The van der Waals surface area contributed by atoms with Gasteiger partial charge in [0.25, 0.3) is 0 Å². The highest BCUT2D eigenvalue weighted by molar-refractivity contribution is 5.34. The van der Waals surface area contributed by atoms with Gasteiger partial charge in [-0.3, -0.25) is 0 Å². The van der Waals surface area contributed by atoms with Gasteiger partial charge in [-0.2, -0.15) is 0 Å². The van der Waals surface area contributed by atoms with Gasteiger partial charge in [-0.1, -0.05) is 46.3 Å². The second kappa shape index (κ2) is 7.04. The molecule has 0 aromatic heterocycles. The minimum Gasteiger partial charge on any atom is -0.390 e. The molecular formula is C27H42O5. The summed E-state index contributed by atoms with van der Waals surface area (Å²) in [5, 5.41) is 21.8. The van der Waals surface area contributed by atoms with Crippen molar-refractivity contribution in [1.29, 1.82) is 0 Å². The molecule has 0 spiro atoms. The molecule has 0 bridgehead atoms. The Morgan fingerprint density at radius 3 is 2.44 bits per heavy atom. The highest BCUT2D eigenvalue weighted by Gasteiger charge is 2.69. The molecule has 0 radical (unpaired) electrons. The first-order valence-electron chi connectivity index (χ1n) is 13.0. The number of fused-ring (bicyclic) bond motifs is 7. The van der Waals surface area contributed by atoms with E-state index in [4.69, 9.17) is 14.2 Å². The van der Waals surface area contributed by atoms with E-state index in [-0.39, 0.29) is 40.7 Å². The van der Waals surface area contributed by atoms with Gasteiger partial charge in [-0.25, -0.2) is 0 Å². The van der Waals surface area contributed by atoms with E-state index in [0.29, 0.717) is 30.1 Å². The fourth-order valence-corrected chi connectivity index (χ4v) is 9.13. The number of hydrogen-bond donors (Lipinski definition) is 2. The smallest absolute Gasteiger partial charge is 0.160 e. The first-order chi connectivity index (χ1) is 15.1. The minimum atomic E-state index is -0.410. The Morgan fingerprint density at radius 2 is 1.72 bits per heavy atom. The number of aliphatic hydroxyl groups is 2. The monoisotopic (exact) mass is 446 g/mol. The van der Waals surface area contributed by atoms with Crippen molar-refractivity contribution in [2.75, 3.05) is 13.2 Å². The van der Waals surface area contributed by atoms with Crippen LogP contribution in [0.2, 0.25) is 0 Å². The van der Waals surface area contributed by atoms with Gasteiger partial charge in [-0.15, -0.1) is 0 Å². The van der Waals surface area contributed by atoms with Gasteiger partial charge in [-0.05, 0) is 61.2 Å². The number of aliphatic hydroxyl groups excluding tert-OH is 2. The third-order valence-corrected chi connectivity index (χ3v) is 10.9. The zero-order valence-electron chi connectivity index (χ0n) is 20.4. The normalized spacial score (nSPS) is 55.2. The number of rotatable bonds is 2. The molecule has 2 N–H and O–H groups in total. The van der Waals surface area contributed by atoms with E-state index in [1.54, 1.807) is 0 Å². The summed E-state index contributed by atoms with van der Waals surface area (Å²) in [4.78, 5) is 0. The standard InChI is InChI=1S/C27H42O5/c1-14(24-30-12-25(2,3)13-31-24)16-6-7-17-21-18(8-9-26(16,17)4)27(5)15(10-19(21)28)11-20(29)22-23(27)32-22/h10,14,16-24,28-29H,6-9,11-13H2,1-5H3/t14?,16-,17+,18+,19-,20-,21+,22+,23+,26-,27+/m1/s1. The van der Waals surface area contributed by atoms with Gasteiger partial charge in [0.2, 0.25) is 0 Å². The summed E-state index contributed by atoms with van der Waals surface area (Å²) in [6.45, 7) is 13.1. The van der Waals surface area contributed by atoms with Crippen LogP contribution in [-0.4, -0.2) is 54.1 Å². The van der Waals surface area contributed by atoms with Gasteiger partial charge in [0.15, 0.2) is 6.29 Å². The molecule has 6 aliphatic rings. The highest BCUT2D eigenvalue weighted by atomic mass is 16.7. The molecule has 0 aromatic rings. The molecule has 1 unspecified atom stereocenters. The lowest BCUT2D eigenvalue weighted by Crippen LogP contribution is -2.57. The first-order valence-corrected chi connectivity index (χ1v) is 13.0. The Labute approximate surface area is 192 Å². The average molecular weight is 447 g/mol. The summed E-state index contributed by atoms with van der Waals surface area (Å²) in [5.74, 6) is 2.16. The molecule has 5 fully saturated rings. The van der Waals surface area contributed by atoms with Crippen molar-refractivity contribution in [2.45, 2.75) is 97.4 Å². The lowest BCUT2D eigenvalue weighted by Gasteiger charge is -2.58. The molecule has 5 heteroatoms. The fraction of sp³-hybridized carbons (Fsp3) is 0.926. The van der Waals surface area contributed by atoms with Crippen molar-refractivity contribution < 1.29 is 24.4 Å². The zero-order chi connectivity index (χ0) is 22.6. The van der Waals surface area contributed by atoms with Crippen LogP contribution in [0.5, 0.6) is 0 Å². The Hall–Kier alpha value is -0.460. The Bertz CT molecular complexity index is 798. The van der Waals surface area contributed by atoms with Crippen LogP contribution in [-0.2, 0) is 14.2 Å². The number of hydrogen-bond acceptors (Lipinski definition) is 5. The summed E-state index contributed by atoms with van der Waals surface area (Å²) in [6, 6.07) is 0. The minimum absolute atomic E-state index is 0.00236. The van der Waals surface area contributed by atoms with E-state index in [0.717, 1.165) is 19.6 Å². The molecule has 0 amide bonds. The van der Waals surface area contributed by atoms with E-state index in [2.05, 4.69) is 40.7 Å². The fourth-order valence-electron chi connectivity index (χ4n) is 9.13. The predicted molar refractivity (Wildman–Crippen MR) is 121 cm³/mol. The van der Waals surface area contributed by atoms with Crippen LogP contribution < -0.4 is 0 Å². The molecule has 4 aliphatic carbocycles. The van der Waals surface area contributed by atoms with Crippen LogP contribution in [0.25, 0.3) is 0 Å². The number of epoxide rings is 1. The third kappa shape index (κ3) is 2.94. The number of ether oxygens (including phenoxy) is 3. The lowest BCUT2D eigenvalue weighted by atomic mass is 9.46. The van der Waals surface area contributed by atoms with Crippen molar-refractivity contribution in [3.05, 3.63) is 11.6 Å². The third-order valence-electron chi connectivity index (χ3n) is 10.9. The quantitative estimate of drug-likeness (QED) is 0.497. The molecule has 180 valence electrons. The summed E-state index contributed by atoms with van der Waals surface area (Å²) in [6.07, 6.45) is 6.68. The largest absolute Gasteiger partial charge is 0.390 e. The van der Waals surface area contributed by atoms with Crippen LogP contribution in [0.15, 0.2) is 11.6 Å². The molecule has 2 saturated heterocycles. The molecule has 2 heterocycles. The molecule has 6 rings (SSSR count). The first kappa shape index (κ1) is 22.0. The Morgan fingerprint density at radius 1 is 1.00 bits per heavy atom. The second-order valence-electron chi connectivity index (χ2n) is 13.3. The van der Waals surface area contributed by atoms with E-state index in [1.807, 2.05) is 0 Å². The molecule has 32 heavy (non-hydrogen) atoms. The van der Waals surface area contributed by atoms with Gasteiger partial charge < -0.3 is 24.4 Å². The zero-order valence-corrected chi connectivity index (χ0v) is 20.4. The predicted octanol–water partition coefficient (Wildman–Crippen LogP) is 3.92.